The van der Waals surface area contributed by atoms with Crippen LogP contribution in [0.1, 0.15) is 66.2 Å². The predicted molar refractivity (Wildman–Crippen MR) is 91.5 cm³/mol. The molecule has 0 unspecified atom stereocenters. The van der Waals surface area contributed by atoms with Crippen molar-refractivity contribution < 1.29 is 18.9 Å². The molecule has 0 saturated carbocycles. The fraction of sp³-hybridized carbons (Fsp3) is 1.00. The van der Waals surface area contributed by atoms with Crippen LogP contribution >= 0.6 is 0 Å². The molecule has 0 aromatic carbocycles. The molecule has 2 aliphatic rings. The van der Waals surface area contributed by atoms with Crippen LogP contribution in [0.5, 0.6) is 0 Å². The zero-order valence-corrected chi connectivity index (χ0v) is 15.6. The maximum Gasteiger partial charge on any atom is 0.172 e. The first-order chi connectivity index (χ1) is 11.1. The molecule has 2 rings (SSSR count). The molecule has 0 aliphatic carbocycles. The lowest BCUT2D eigenvalue weighted by Crippen LogP contribution is -2.51. The minimum absolute atomic E-state index is 0.165. The quantitative estimate of drug-likeness (QED) is 0.776. The van der Waals surface area contributed by atoms with E-state index >= 15 is 0 Å². The summed E-state index contributed by atoms with van der Waals surface area (Å²) >= 11 is 0. The Morgan fingerprint density at radius 3 is 1.39 bits per heavy atom. The average Bonchev–Trinajstić information content (AvgIpc) is 2.62. The van der Waals surface area contributed by atoms with Crippen LogP contribution in [0, 0.1) is 10.8 Å². The van der Waals surface area contributed by atoms with Crippen LogP contribution in [0.3, 0.4) is 0 Å². The van der Waals surface area contributed by atoms with Crippen LogP contribution in [-0.4, -0.2) is 45.4 Å². The van der Waals surface area contributed by atoms with E-state index in [-0.39, 0.29) is 10.8 Å². The second-order valence-electron chi connectivity index (χ2n) is 7.51. The van der Waals surface area contributed by atoms with E-state index < -0.39 is 5.79 Å². The Labute approximate surface area is 142 Å². The second-order valence-corrected chi connectivity index (χ2v) is 7.51. The van der Waals surface area contributed by atoms with Gasteiger partial charge >= 0.3 is 0 Å². The van der Waals surface area contributed by atoms with Crippen molar-refractivity contribution in [2.45, 2.75) is 72.0 Å². The van der Waals surface area contributed by atoms with Crippen LogP contribution in [0.25, 0.3) is 0 Å². The van der Waals surface area contributed by atoms with Gasteiger partial charge in [0.25, 0.3) is 0 Å². The summed E-state index contributed by atoms with van der Waals surface area (Å²) in [5.41, 5.74) is 0.347. The average molecular weight is 328 g/mol. The minimum atomic E-state index is -0.508. The molecular formula is C19H36O4. The lowest BCUT2D eigenvalue weighted by Gasteiger charge is -2.46. The highest BCUT2D eigenvalue weighted by molar-refractivity contribution is 4.85. The van der Waals surface area contributed by atoms with Gasteiger partial charge < -0.3 is 18.9 Å². The maximum atomic E-state index is 6.26. The van der Waals surface area contributed by atoms with E-state index in [0.717, 1.165) is 65.0 Å². The third-order valence-corrected chi connectivity index (χ3v) is 6.35. The topological polar surface area (TPSA) is 36.9 Å². The summed E-state index contributed by atoms with van der Waals surface area (Å²) in [4.78, 5) is 0. The summed E-state index contributed by atoms with van der Waals surface area (Å²) in [7, 11) is 0. The third-order valence-electron chi connectivity index (χ3n) is 6.35. The van der Waals surface area contributed by atoms with Gasteiger partial charge in [-0.1, -0.05) is 27.7 Å². The fourth-order valence-corrected chi connectivity index (χ4v) is 3.46. The first-order valence-electron chi connectivity index (χ1n) is 9.50. The highest BCUT2D eigenvalue weighted by atomic mass is 16.7. The third kappa shape index (κ3) is 4.47. The van der Waals surface area contributed by atoms with Crippen LogP contribution in [0.15, 0.2) is 0 Å². The number of hydrogen-bond donors (Lipinski definition) is 0. The van der Waals surface area contributed by atoms with Gasteiger partial charge in [0.1, 0.15) is 0 Å². The van der Waals surface area contributed by atoms with Gasteiger partial charge in [-0.05, 0) is 25.7 Å². The van der Waals surface area contributed by atoms with E-state index in [1.54, 1.807) is 0 Å². The predicted octanol–water partition coefficient (Wildman–Crippen LogP) is 4.17. The normalized spacial score (nSPS) is 27.7. The molecule has 4 heteroatoms. The van der Waals surface area contributed by atoms with Crippen molar-refractivity contribution in [1.82, 2.24) is 0 Å². The SMILES string of the molecule is CCC1(CC)COCCC2(CCOC1)OCC(CC)(CC)CO2. The van der Waals surface area contributed by atoms with Crippen molar-refractivity contribution in [1.29, 1.82) is 0 Å². The molecule has 4 nitrogen and oxygen atoms in total. The molecule has 0 atom stereocenters. The standard InChI is InChI=1S/C19H36O4/c1-5-17(6-2)13-20-11-9-19(10-12-21-14-17)22-15-18(7-3,8-4)16-23-19/h5-16H2,1-4H3. The van der Waals surface area contributed by atoms with Gasteiger partial charge in [-0.2, -0.15) is 0 Å². The van der Waals surface area contributed by atoms with Gasteiger partial charge in [-0.15, -0.1) is 0 Å². The van der Waals surface area contributed by atoms with Gasteiger partial charge in [0, 0.05) is 23.7 Å². The van der Waals surface area contributed by atoms with Gasteiger partial charge in [-0.3, -0.25) is 0 Å². The summed E-state index contributed by atoms with van der Waals surface area (Å²) in [6.45, 7) is 13.4. The Kier molecular flexibility index (Phi) is 6.90. The Morgan fingerprint density at radius 2 is 1.00 bits per heavy atom. The molecule has 0 aromatic rings. The summed E-state index contributed by atoms with van der Waals surface area (Å²) in [5.74, 6) is -0.508. The maximum absolute atomic E-state index is 6.26. The largest absolute Gasteiger partial charge is 0.381 e. The Balaban J connectivity index is 1.94. The van der Waals surface area contributed by atoms with Crippen molar-refractivity contribution in [3.8, 4) is 0 Å². The highest BCUT2D eigenvalue weighted by Gasteiger charge is 2.43. The number of hydrogen-bond acceptors (Lipinski definition) is 4. The van der Waals surface area contributed by atoms with Crippen molar-refractivity contribution in [3.05, 3.63) is 0 Å². The van der Waals surface area contributed by atoms with Gasteiger partial charge in [0.05, 0.1) is 39.6 Å². The fourth-order valence-electron chi connectivity index (χ4n) is 3.46. The molecule has 136 valence electrons. The molecule has 0 N–H and O–H groups in total. The van der Waals surface area contributed by atoms with E-state index in [9.17, 15) is 0 Å². The molecule has 2 saturated heterocycles. The first-order valence-corrected chi connectivity index (χ1v) is 9.50. The smallest absolute Gasteiger partial charge is 0.172 e. The van der Waals surface area contributed by atoms with Crippen LogP contribution < -0.4 is 0 Å². The molecule has 0 radical (unpaired) electrons. The number of ether oxygens (including phenoxy) is 4. The molecule has 0 aromatic heterocycles. The lowest BCUT2D eigenvalue weighted by atomic mass is 9.83. The van der Waals surface area contributed by atoms with E-state index in [0.29, 0.717) is 13.2 Å². The zero-order valence-electron chi connectivity index (χ0n) is 15.6. The molecule has 0 amide bonds. The summed E-state index contributed by atoms with van der Waals surface area (Å²) in [5, 5.41) is 0. The van der Waals surface area contributed by atoms with Gasteiger partial charge in [0.15, 0.2) is 5.79 Å². The first kappa shape index (κ1) is 19.2. The van der Waals surface area contributed by atoms with Crippen molar-refractivity contribution in [2.75, 3.05) is 39.6 Å². The highest BCUT2D eigenvalue weighted by Crippen LogP contribution is 2.39. The van der Waals surface area contributed by atoms with Crippen molar-refractivity contribution >= 4 is 0 Å². The monoisotopic (exact) mass is 328 g/mol. The van der Waals surface area contributed by atoms with Crippen LogP contribution in [0.4, 0.5) is 0 Å². The molecule has 23 heavy (non-hydrogen) atoms. The molecule has 2 heterocycles. The zero-order chi connectivity index (χ0) is 16.8. The summed E-state index contributed by atoms with van der Waals surface area (Å²) in [6, 6.07) is 0. The molecule has 2 aliphatic heterocycles. The Bertz CT molecular complexity index is 321. The second kappa shape index (κ2) is 8.28. The molecule has 1 spiro atoms. The molecule has 2 fully saturated rings. The molecule has 0 bridgehead atoms. The lowest BCUT2D eigenvalue weighted by molar-refractivity contribution is -0.318. The van der Waals surface area contributed by atoms with E-state index in [4.69, 9.17) is 18.9 Å². The number of rotatable bonds is 4. The van der Waals surface area contributed by atoms with E-state index in [1.165, 1.54) is 0 Å². The Morgan fingerprint density at radius 1 is 0.609 bits per heavy atom. The molecular weight excluding hydrogens is 292 g/mol. The van der Waals surface area contributed by atoms with Gasteiger partial charge in [-0.25, -0.2) is 0 Å². The van der Waals surface area contributed by atoms with E-state index in [1.807, 2.05) is 0 Å². The Hall–Kier alpha value is -0.160. The summed E-state index contributed by atoms with van der Waals surface area (Å²) in [6.07, 6.45) is 5.98. The minimum Gasteiger partial charge on any atom is -0.381 e. The summed E-state index contributed by atoms with van der Waals surface area (Å²) < 4.78 is 24.5. The van der Waals surface area contributed by atoms with Crippen molar-refractivity contribution in [3.63, 3.8) is 0 Å². The van der Waals surface area contributed by atoms with Crippen molar-refractivity contribution in [2.24, 2.45) is 10.8 Å². The van der Waals surface area contributed by atoms with Crippen LogP contribution in [0.2, 0.25) is 0 Å². The van der Waals surface area contributed by atoms with E-state index in [2.05, 4.69) is 27.7 Å². The van der Waals surface area contributed by atoms with Crippen LogP contribution in [-0.2, 0) is 18.9 Å². The van der Waals surface area contributed by atoms with Gasteiger partial charge in [0.2, 0.25) is 0 Å².